The number of hydrogen-bond acceptors (Lipinski definition) is 6. The maximum Gasteiger partial charge on any atom is 0.256 e. The summed E-state index contributed by atoms with van der Waals surface area (Å²) in [7, 11) is 1.56. The molecule has 0 fully saturated rings. The Bertz CT molecular complexity index is 1240. The largest absolute Gasteiger partial charge is 0.497 e. The third-order valence-corrected chi connectivity index (χ3v) is 4.57. The molecule has 3 heterocycles. The zero-order valence-electron chi connectivity index (χ0n) is 17.1. The molecule has 0 unspecified atom stereocenters. The van der Waals surface area contributed by atoms with Gasteiger partial charge in [0.1, 0.15) is 17.3 Å². The zero-order chi connectivity index (χ0) is 21.8. The SMILES string of the molecule is CCCc1cc(=O)[nH]c(-n2nc(-c3ccco3)cc2NC(=O)c2ccc(OC)cc2)n1. The molecular weight excluding hydrogens is 398 g/mol. The lowest BCUT2D eigenvalue weighted by Crippen LogP contribution is -2.19. The number of hydrogen-bond donors (Lipinski definition) is 2. The number of H-pyrrole nitrogens is 1. The summed E-state index contributed by atoms with van der Waals surface area (Å²) in [5.41, 5.74) is 1.27. The van der Waals surface area contributed by atoms with Crippen LogP contribution in [0.2, 0.25) is 0 Å². The summed E-state index contributed by atoms with van der Waals surface area (Å²) in [6, 6.07) is 13.3. The van der Waals surface area contributed by atoms with Crippen molar-refractivity contribution >= 4 is 11.7 Å². The average Bonchev–Trinajstić information content (AvgIpc) is 3.44. The lowest BCUT2D eigenvalue weighted by molar-refractivity contribution is 0.102. The van der Waals surface area contributed by atoms with Crippen LogP contribution in [0.3, 0.4) is 0 Å². The molecule has 0 saturated carbocycles. The molecule has 0 spiro atoms. The number of aryl methyl sites for hydroxylation is 1. The Morgan fingerprint density at radius 3 is 2.71 bits per heavy atom. The van der Waals surface area contributed by atoms with Gasteiger partial charge in [-0.05, 0) is 42.8 Å². The number of furan rings is 1. The smallest absolute Gasteiger partial charge is 0.256 e. The molecule has 0 saturated heterocycles. The number of methoxy groups -OCH3 is 1. The van der Waals surface area contributed by atoms with Crippen molar-refractivity contribution < 1.29 is 13.9 Å². The van der Waals surface area contributed by atoms with Gasteiger partial charge in [-0.3, -0.25) is 14.6 Å². The van der Waals surface area contributed by atoms with E-state index in [-0.39, 0.29) is 17.4 Å². The number of ether oxygens (including phenoxy) is 1. The van der Waals surface area contributed by atoms with Gasteiger partial charge in [0.15, 0.2) is 5.76 Å². The summed E-state index contributed by atoms with van der Waals surface area (Å²) < 4.78 is 12.0. The van der Waals surface area contributed by atoms with E-state index in [1.54, 1.807) is 49.6 Å². The van der Waals surface area contributed by atoms with Crippen molar-refractivity contribution in [3.8, 4) is 23.2 Å². The van der Waals surface area contributed by atoms with Gasteiger partial charge in [-0.25, -0.2) is 4.98 Å². The number of aromatic nitrogens is 4. The number of aromatic amines is 1. The van der Waals surface area contributed by atoms with E-state index in [1.165, 1.54) is 17.0 Å². The normalized spacial score (nSPS) is 10.8. The minimum absolute atomic E-state index is 0.207. The molecule has 0 radical (unpaired) electrons. The topological polar surface area (TPSA) is 115 Å². The first-order chi connectivity index (χ1) is 15.1. The van der Waals surface area contributed by atoms with E-state index in [9.17, 15) is 9.59 Å². The first kappa shape index (κ1) is 20.1. The number of carbonyl (C=O) groups excluding carboxylic acids is 1. The molecule has 9 nitrogen and oxygen atoms in total. The van der Waals surface area contributed by atoms with Crippen LogP contribution >= 0.6 is 0 Å². The van der Waals surface area contributed by atoms with E-state index in [2.05, 4.69) is 20.4 Å². The molecule has 0 atom stereocenters. The Hall–Kier alpha value is -4.14. The molecule has 1 aromatic carbocycles. The molecule has 158 valence electrons. The fourth-order valence-corrected chi connectivity index (χ4v) is 3.09. The third kappa shape index (κ3) is 4.40. The zero-order valence-corrected chi connectivity index (χ0v) is 17.1. The molecule has 1 amide bonds. The van der Waals surface area contributed by atoms with Crippen LogP contribution in [0.1, 0.15) is 29.4 Å². The highest BCUT2D eigenvalue weighted by atomic mass is 16.5. The summed E-state index contributed by atoms with van der Waals surface area (Å²) in [5.74, 6) is 1.37. The molecule has 9 heteroatoms. The lowest BCUT2D eigenvalue weighted by atomic mass is 10.2. The summed E-state index contributed by atoms with van der Waals surface area (Å²) in [6.45, 7) is 2.01. The lowest BCUT2D eigenvalue weighted by Gasteiger charge is -2.09. The second-order valence-corrected chi connectivity index (χ2v) is 6.80. The molecule has 0 aliphatic rings. The first-order valence-electron chi connectivity index (χ1n) is 9.77. The van der Waals surface area contributed by atoms with Crippen LogP contribution in [0.25, 0.3) is 17.4 Å². The molecule has 3 aromatic heterocycles. The fourth-order valence-electron chi connectivity index (χ4n) is 3.09. The Morgan fingerprint density at radius 1 is 1.23 bits per heavy atom. The van der Waals surface area contributed by atoms with E-state index < -0.39 is 0 Å². The van der Waals surface area contributed by atoms with Crippen LogP contribution in [-0.2, 0) is 6.42 Å². The Kier molecular flexibility index (Phi) is 5.65. The third-order valence-electron chi connectivity index (χ3n) is 4.57. The van der Waals surface area contributed by atoms with Crippen molar-refractivity contribution in [2.75, 3.05) is 12.4 Å². The Morgan fingerprint density at radius 2 is 2.03 bits per heavy atom. The van der Waals surface area contributed by atoms with Gasteiger partial charge >= 0.3 is 0 Å². The van der Waals surface area contributed by atoms with Crippen molar-refractivity contribution in [1.29, 1.82) is 0 Å². The minimum atomic E-state index is -0.346. The van der Waals surface area contributed by atoms with Gasteiger partial charge in [-0.2, -0.15) is 9.78 Å². The predicted octanol–water partition coefficient (Wildman–Crippen LogP) is 3.43. The summed E-state index contributed by atoms with van der Waals surface area (Å²) in [6.07, 6.45) is 3.02. The number of nitrogens with zero attached hydrogens (tertiary/aromatic N) is 3. The van der Waals surface area contributed by atoms with Gasteiger partial charge in [0, 0.05) is 23.4 Å². The molecule has 0 aliphatic carbocycles. The Balaban J connectivity index is 1.74. The van der Waals surface area contributed by atoms with Crippen LogP contribution in [0.4, 0.5) is 5.82 Å². The van der Waals surface area contributed by atoms with Crippen molar-refractivity contribution in [1.82, 2.24) is 19.7 Å². The van der Waals surface area contributed by atoms with E-state index in [0.29, 0.717) is 40.7 Å². The quantitative estimate of drug-likeness (QED) is 0.474. The fraction of sp³-hybridized carbons (Fsp3) is 0.182. The molecule has 4 aromatic rings. The molecule has 2 N–H and O–H groups in total. The number of anilines is 1. The van der Waals surface area contributed by atoms with E-state index in [1.807, 2.05) is 6.92 Å². The number of carbonyl (C=O) groups is 1. The monoisotopic (exact) mass is 419 g/mol. The van der Waals surface area contributed by atoms with Gasteiger partial charge in [0.05, 0.1) is 13.4 Å². The highest BCUT2D eigenvalue weighted by Gasteiger charge is 2.18. The highest BCUT2D eigenvalue weighted by Crippen LogP contribution is 2.24. The Labute approximate surface area is 177 Å². The van der Waals surface area contributed by atoms with Gasteiger partial charge in [0.25, 0.3) is 11.5 Å². The second kappa shape index (κ2) is 8.70. The van der Waals surface area contributed by atoms with Crippen LogP contribution < -0.4 is 15.6 Å². The van der Waals surface area contributed by atoms with Crippen LogP contribution in [0.5, 0.6) is 5.75 Å². The van der Waals surface area contributed by atoms with Gasteiger partial charge < -0.3 is 14.5 Å². The van der Waals surface area contributed by atoms with Crippen molar-refractivity contribution in [3.05, 3.63) is 76.4 Å². The molecular formula is C22H21N5O4. The van der Waals surface area contributed by atoms with Crippen molar-refractivity contribution in [2.45, 2.75) is 19.8 Å². The summed E-state index contributed by atoms with van der Waals surface area (Å²) in [5, 5.41) is 7.33. The summed E-state index contributed by atoms with van der Waals surface area (Å²) in [4.78, 5) is 32.2. The minimum Gasteiger partial charge on any atom is -0.497 e. The van der Waals surface area contributed by atoms with E-state index in [4.69, 9.17) is 9.15 Å². The van der Waals surface area contributed by atoms with Crippen LogP contribution in [-0.4, -0.2) is 32.8 Å². The predicted molar refractivity (Wildman–Crippen MR) is 115 cm³/mol. The van der Waals surface area contributed by atoms with Crippen LogP contribution in [0, 0.1) is 0 Å². The highest BCUT2D eigenvalue weighted by molar-refractivity contribution is 6.04. The standard InChI is InChI=1S/C22H21N5O4/c1-3-5-15-12-20(28)25-22(23-15)27-19(13-17(26-27)18-6-4-11-31-18)24-21(29)14-7-9-16(30-2)10-8-14/h4,6-13H,3,5H2,1-2H3,(H,24,29)(H,23,25,28). The second-order valence-electron chi connectivity index (χ2n) is 6.80. The number of nitrogens with one attached hydrogen (secondary N) is 2. The van der Waals surface area contributed by atoms with Gasteiger partial charge in [-0.1, -0.05) is 13.3 Å². The molecule has 0 bridgehead atoms. The number of rotatable bonds is 7. The number of benzene rings is 1. The van der Waals surface area contributed by atoms with Crippen molar-refractivity contribution in [2.24, 2.45) is 0 Å². The van der Waals surface area contributed by atoms with E-state index in [0.717, 1.165) is 6.42 Å². The van der Waals surface area contributed by atoms with E-state index >= 15 is 0 Å². The van der Waals surface area contributed by atoms with Gasteiger partial charge in [0.2, 0.25) is 5.95 Å². The molecule has 4 rings (SSSR count). The average molecular weight is 419 g/mol. The van der Waals surface area contributed by atoms with Crippen LogP contribution in [0.15, 0.2) is 64.0 Å². The molecule has 0 aliphatic heterocycles. The maximum absolute atomic E-state index is 12.8. The maximum atomic E-state index is 12.8. The number of amides is 1. The van der Waals surface area contributed by atoms with Gasteiger partial charge in [-0.15, -0.1) is 0 Å². The first-order valence-corrected chi connectivity index (χ1v) is 9.77. The van der Waals surface area contributed by atoms with Crippen molar-refractivity contribution in [3.63, 3.8) is 0 Å². The molecule has 31 heavy (non-hydrogen) atoms. The summed E-state index contributed by atoms with van der Waals surface area (Å²) >= 11 is 0.